The van der Waals surface area contributed by atoms with Crippen LogP contribution in [0.1, 0.15) is 36.5 Å². The molecule has 1 aromatic carbocycles. The molecule has 13 heavy (non-hydrogen) atoms. The van der Waals surface area contributed by atoms with Crippen LogP contribution in [0.15, 0.2) is 24.8 Å². The number of hydrogen-bond acceptors (Lipinski definition) is 1. The first-order valence-electron chi connectivity index (χ1n) is 4.65. The van der Waals surface area contributed by atoms with Crippen molar-refractivity contribution in [3.05, 3.63) is 41.5 Å². The Morgan fingerprint density at radius 2 is 2.15 bits per heavy atom. The highest BCUT2D eigenvalue weighted by molar-refractivity contribution is 5.57. The van der Waals surface area contributed by atoms with Gasteiger partial charge in [0.2, 0.25) is 0 Å². The summed E-state index contributed by atoms with van der Waals surface area (Å²) in [5.41, 5.74) is 9.37. The molecule has 0 spiro atoms. The number of hydrogen-bond donors (Lipinski definition) is 1. The smallest absolute Gasteiger partial charge is 0.0184 e. The van der Waals surface area contributed by atoms with Gasteiger partial charge in [-0.3, -0.25) is 0 Å². The van der Waals surface area contributed by atoms with Crippen molar-refractivity contribution in [2.75, 3.05) is 0 Å². The highest BCUT2D eigenvalue weighted by Gasteiger charge is 2.06. The SMILES string of the molecule is C=Cc1c(CN)cccc1C(C)C. The largest absolute Gasteiger partial charge is 0.326 e. The zero-order valence-electron chi connectivity index (χ0n) is 8.38. The lowest BCUT2D eigenvalue weighted by atomic mass is 9.93. The third-order valence-electron chi connectivity index (χ3n) is 2.28. The Morgan fingerprint density at radius 1 is 1.46 bits per heavy atom. The summed E-state index contributed by atoms with van der Waals surface area (Å²) >= 11 is 0. The maximum absolute atomic E-state index is 5.65. The normalized spacial score (nSPS) is 10.5. The van der Waals surface area contributed by atoms with E-state index in [4.69, 9.17) is 5.73 Å². The van der Waals surface area contributed by atoms with Crippen LogP contribution in [0, 0.1) is 0 Å². The van der Waals surface area contributed by atoms with Crippen LogP contribution in [0.25, 0.3) is 6.08 Å². The predicted octanol–water partition coefficient (Wildman–Crippen LogP) is 2.91. The summed E-state index contributed by atoms with van der Waals surface area (Å²) in [6.45, 7) is 8.78. The molecule has 0 amide bonds. The van der Waals surface area contributed by atoms with Crippen molar-refractivity contribution in [3.63, 3.8) is 0 Å². The summed E-state index contributed by atoms with van der Waals surface area (Å²) < 4.78 is 0. The van der Waals surface area contributed by atoms with Gasteiger partial charge in [0, 0.05) is 6.54 Å². The van der Waals surface area contributed by atoms with Gasteiger partial charge in [0.25, 0.3) is 0 Å². The van der Waals surface area contributed by atoms with Gasteiger partial charge in [-0.05, 0) is 22.6 Å². The Kier molecular flexibility index (Phi) is 3.26. The fraction of sp³-hybridized carbons (Fsp3) is 0.333. The first-order valence-corrected chi connectivity index (χ1v) is 4.65. The molecule has 0 unspecified atom stereocenters. The minimum atomic E-state index is 0.527. The van der Waals surface area contributed by atoms with E-state index in [9.17, 15) is 0 Å². The maximum atomic E-state index is 5.65. The van der Waals surface area contributed by atoms with Gasteiger partial charge in [-0.25, -0.2) is 0 Å². The Balaban J connectivity index is 3.27. The fourth-order valence-electron chi connectivity index (χ4n) is 1.56. The van der Waals surface area contributed by atoms with Gasteiger partial charge in [-0.2, -0.15) is 0 Å². The molecule has 70 valence electrons. The van der Waals surface area contributed by atoms with Gasteiger partial charge in [0.05, 0.1) is 0 Å². The van der Waals surface area contributed by atoms with Crippen molar-refractivity contribution in [1.82, 2.24) is 0 Å². The summed E-state index contributed by atoms with van der Waals surface area (Å²) in [4.78, 5) is 0. The minimum Gasteiger partial charge on any atom is -0.326 e. The average molecular weight is 175 g/mol. The summed E-state index contributed by atoms with van der Waals surface area (Å²) in [6.07, 6.45) is 1.90. The van der Waals surface area contributed by atoms with E-state index in [0.29, 0.717) is 12.5 Å². The van der Waals surface area contributed by atoms with E-state index in [2.05, 4.69) is 38.6 Å². The Labute approximate surface area is 80.3 Å². The summed E-state index contributed by atoms with van der Waals surface area (Å²) in [5.74, 6) is 0.527. The molecule has 1 aromatic rings. The predicted molar refractivity (Wildman–Crippen MR) is 58.5 cm³/mol. The van der Waals surface area contributed by atoms with E-state index in [1.54, 1.807) is 0 Å². The van der Waals surface area contributed by atoms with Crippen molar-refractivity contribution in [2.24, 2.45) is 5.73 Å². The summed E-state index contributed by atoms with van der Waals surface area (Å²) in [5, 5.41) is 0. The zero-order chi connectivity index (χ0) is 9.84. The molecule has 1 heteroatoms. The molecule has 2 N–H and O–H groups in total. The molecular weight excluding hydrogens is 158 g/mol. The Morgan fingerprint density at radius 3 is 2.62 bits per heavy atom. The number of rotatable bonds is 3. The molecule has 0 radical (unpaired) electrons. The standard InChI is InChI=1S/C12H17N/c1-4-11-10(8-13)6-5-7-12(11)9(2)3/h4-7,9H,1,8,13H2,2-3H3. The third-order valence-corrected chi connectivity index (χ3v) is 2.28. The molecule has 0 fully saturated rings. The first kappa shape index (κ1) is 10.0. The molecule has 0 aliphatic heterocycles. The van der Waals surface area contributed by atoms with Crippen molar-refractivity contribution in [3.8, 4) is 0 Å². The van der Waals surface area contributed by atoms with Gasteiger partial charge in [-0.1, -0.05) is 44.7 Å². The second kappa shape index (κ2) is 4.24. The van der Waals surface area contributed by atoms with Crippen LogP contribution in [-0.2, 0) is 6.54 Å². The van der Waals surface area contributed by atoms with Crippen molar-refractivity contribution < 1.29 is 0 Å². The van der Waals surface area contributed by atoms with Crippen LogP contribution in [-0.4, -0.2) is 0 Å². The monoisotopic (exact) mass is 175 g/mol. The minimum absolute atomic E-state index is 0.527. The topological polar surface area (TPSA) is 26.0 Å². The molecule has 0 aromatic heterocycles. The van der Waals surface area contributed by atoms with Crippen LogP contribution in [0.4, 0.5) is 0 Å². The molecule has 0 bridgehead atoms. The molecule has 0 saturated carbocycles. The summed E-state index contributed by atoms with van der Waals surface area (Å²) in [7, 11) is 0. The lowest BCUT2D eigenvalue weighted by Gasteiger charge is -2.13. The van der Waals surface area contributed by atoms with Crippen LogP contribution in [0.5, 0.6) is 0 Å². The van der Waals surface area contributed by atoms with Crippen LogP contribution < -0.4 is 5.73 Å². The van der Waals surface area contributed by atoms with E-state index in [-0.39, 0.29) is 0 Å². The second-order valence-electron chi connectivity index (χ2n) is 3.48. The number of benzene rings is 1. The van der Waals surface area contributed by atoms with Crippen molar-refractivity contribution in [1.29, 1.82) is 0 Å². The first-order chi connectivity index (χ1) is 6.20. The molecule has 0 saturated heterocycles. The Hall–Kier alpha value is -1.08. The molecule has 1 nitrogen and oxygen atoms in total. The second-order valence-corrected chi connectivity index (χ2v) is 3.48. The van der Waals surface area contributed by atoms with Crippen LogP contribution >= 0.6 is 0 Å². The van der Waals surface area contributed by atoms with Crippen LogP contribution in [0.3, 0.4) is 0 Å². The van der Waals surface area contributed by atoms with E-state index < -0.39 is 0 Å². The lowest BCUT2D eigenvalue weighted by Crippen LogP contribution is -2.02. The number of nitrogens with two attached hydrogens (primary N) is 1. The van der Waals surface area contributed by atoms with Gasteiger partial charge in [0.15, 0.2) is 0 Å². The lowest BCUT2D eigenvalue weighted by molar-refractivity contribution is 0.858. The van der Waals surface area contributed by atoms with Gasteiger partial charge < -0.3 is 5.73 Å². The van der Waals surface area contributed by atoms with E-state index in [1.165, 1.54) is 16.7 Å². The van der Waals surface area contributed by atoms with E-state index in [0.717, 1.165) is 0 Å². The Bertz CT molecular complexity index is 300. The quantitative estimate of drug-likeness (QED) is 0.751. The highest BCUT2D eigenvalue weighted by Crippen LogP contribution is 2.23. The van der Waals surface area contributed by atoms with E-state index >= 15 is 0 Å². The molecule has 0 aliphatic carbocycles. The zero-order valence-corrected chi connectivity index (χ0v) is 8.38. The molecule has 1 rings (SSSR count). The highest BCUT2D eigenvalue weighted by atomic mass is 14.5. The van der Waals surface area contributed by atoms with E-state index in [1.807, 2.05) is 6.08 Å². The maximum Gasteiger partial charge on any atom is 0.0184 e. The average Bonchev–Trinajstić information content (AvgIpc) is 2.16. The molecule has 0 atom stereocenters. The fourth-order valence-corrected chi connectivity index (χ4v) is 1.56. The molecule has 0 heterocycles. The molecular formula is C12H17N. The van der Waals surface area contributed by atoms with Crippen molar-refractivity contribution in [2.45, 2.75) is 26.3 Å². The van der Waals surface area contributed by atoms with Crippen molar-refractivity contribution >= 4 is 6.08 Å². The van der Waals surface area contributed by atoms with Crippen LogP contribution in [0.2, 0.25) is 0 Å². The van der Waals surface area contributed by atoms with Gasteiger partial charge in [-0.15, -0.1) is 0 Å². The molecule has 0 aliphatic rings. The van der Waals surface area contributed by atoms with Gasteiger partial charge in [0.1, 0.15) is 0 Å². The summed E-state index contributed by atoms with van der Waals surface area (Å²) in [6, 6.07) is 6.26. The third kappa shape index (κ3) is 1.99. The van der Waals surface area contributed by atoms with Gasteiger partial charge >= 0.3 is 0 Å².